The van der Waals surface area contributed by atoms with Crippen molar-refractivity contribution in [2.24, 2.45) is 0 Å². The topological polar surface area (TPSA) is 55.4 Å². The summed E-state index contributed by atoms with van der Waals surface area (Å²) in [5.74, 6) is -0.626. The summed E-state index contributed by atoms with van der Waals surface area (Å²) in [6.45, 7) is 0. The first-order valence-corrected chi connectivity index (χ1v) is 7.68. The number of ether oxygens (including phenoxy) is 1. The molecule has 0 radical (unpaired) electrons. The normalized spacial score (nSPS) is 10.2. The Morgan fingerprint density at radius 1 is 1.04 bits per heavy atom. The SMILES string of the molecule is COC(=O)CCc1ccc(NC(=O)c2c(Cl)cccc2Cl)cc1. The first-order chi connectivity index (χ1) is 11.0. The number of amides is 1. The van der Waals surface area contributed by atoms with Gasteiger partial charge >= 0.3 is 5.97 Å². The molecule has 0 bridgehead atoms. The van der Waals surface area contributed by atoms with Crippen molar-refractivity contribution in [1.82, 2.24) is 0 Å². The van der Waals surface area contributed by atoms with Gasteiger partial charge in [-0.2, -0.15) is 0 Å². The minimum atomic E-state index is -0.372. The van der Waals surface area contributed by atoms with Gasteiger partial charge in [-0.1, -0.05) is 41.4 Å². The Bertz CT molecular complexity index is 694. The van der Waals surface area contributed by atoms with Crippen LogP contribution in [0.2, 0.25) is 10.0 Å². The lowest BCUT2D eigenvalue weighted by Crippen LogP contribution is -2.13. The van der Waals surface area contributed by atoms with E-state index >= 15 is 0 Å². The van der Waals surface area contributed by atoms with Gasteiger partial charge in [0.15, 0.2) is 0 Å². The second-order valence-electron chi connectivity index (χ2n) is 4.82. The van der Waals surface area contributed by atoms with Gasteiger partial charge in [0.05, 0.1) is 22.7 Å². The summed E-state index contributed by atoms with van der Waals surface area (Å²) in [6, 6.07) is 12.1. The fourth-order valence-electron chi connectivity index (χ4n) is 2.01. The molecule has 2 aromatic carbocycles. The lowest BCUT2D eigenvalue weighted by molar-refractivity contribution is -0.140. The van der Waals surface area contributed by atoms with E-state index in [1.54, 1.807) is 30.3 Å². The summed E-state index contributed by atoms with van der Waals surface area (Å²) in [4.78, 5) is 23.4. The molecule has 2 aromatic rings. The molecule has 0 saturated heterocycles. The number of methoxy groups -OCH3 is 1. The van der Waals surface area contributed by atoms with Crippen molar-refractivity contribution in [3.8, 4) is 0 Å². The number of rotatable bonds is 5. The van der Waals surface area contributed by atoms with Gasteiger partial charge < -0.3 is 10.1 Å². The van der Waals surface area contributed by atoms with E-state index in [0.717, 1.165) is 5.56 Å². The fourth-order valence-corrected chi connectivity index (χ4v) is 2.58. The van der Waals surface area contributed by atoms with Crippen molar-refractivity contribution in [1.29, 1.82) is 0 Å². The lowest BCUT2D eigenvalue weighted by Gasteiger charge is -2.09. The summed E-state index contributed by atoms with van der Waals surface area (Å²) in [5, 5.41) is 3.34. The Hall–Kier alpha value is -2.04. The van der Waals surface area contributed by atoms with Crippen LogP contribution in [0.5, 0.6) is 0 Å². The molecular weight excluding hydrogens is 337 g/mol. The van der Waals surface area contributed by atoms with Crippen molar-refractivity contribution >= 4 is 40.8 Å². The van der Waals surface area contributed by atoms with Crippen molar-refractivity contribution in [3.05, 3.63) is 63.6 Å². The van der Waals surface area contributed by atoms with Crippen molar-refractivity contribution < 1.29 is 14.3 Å². The maximum atomic E-state index is 12.3. The van der Waals surface area contributed by atoms with Crippen LogP contribution in [0.1, 0.15) is 22.3 Å². The zero-order chi connectivity index (χ0) is 16.8. The Balaban J connectivity index is 2.03. The number of hydrogen-bond acceptors (Lipinski definition) is 3. The highest BCUT2D eigenvalue weighted by Crippen LogP contribution is 2.25. The van der Waals surface area contributed by atoms with Crippen LogP contribution < -0.4 is 5.32 Å². The van der Waals surface area contributed by atoms with Crippen LogP contribution in [0.4, 0.5) is 5.69 Å². The fraction of sp³-hybridized carbons (Fsp3) is 0.176. The third-order valence-electron chi connectivity index (χ3n) is 3.25. The Labute approximate surface area is 144 Å². The molecule has 0 fully saturated rings. The molecule has 4 nitrogen and oxygen atoms in total. The van der Waals surface area contributed by atoms with Crippen LogP contribution in [-0.2, 0) is 16.0 Å². The third kappa shape index (κ3) is 4.71. The van der Waals surface area contributed by atoms with Crippen LogP contribution in [0.25, 0.3) is 0 Å². The van der Waals surface area contributed by atoms with Crippen molar-refractivity contribution in [2.45, 2.75) is 12.8 Å². The number of carbonyl (C=O) groups excluding carboxylic acids is 2. The molecule has 0 aliphatic heterocycles. The monoisotopic (exact) mass is 351 g/mol. The van der Waals surface area contributed by atoms with Crippen LogP contribution >= 0.6 is 23.2 Å². The van der Waals surface area contributed by atoms with Gasteiger partial charge in [-0.3, -0.25) is 9.59 Å². The molecule has 0 spiro atoms. The average molecular weight is 352 g/mol. The molecule has 0 aliphatic rings. The highest BCUT2D eigenvalue weighted by Gasteiger charge is 2.14. The Morgan fingerprint density at radius 2 is 1.65 bits per heavy atom. The zero-order valence-corrected chi connectivity index (χ0v) is 13.9. The number of hydrogen-bond donors (Lipinski definition) is 1. The van der Waals surface area contributed by atoms with Crippen molar-refractivity contribution in [3.63, 3.8) is 0 Å². The van der Waals surface area contributed by atoms with Crippen LogP contribution in [-0.4, -0.2) is 19.0 Å². The highest BCUT2D eigenvalue weighted by atomic mass is 35.5. The lowest BCUT2D eigenvalue weighted by atomic mass is 10.1. The molecule has 120 valence electrons. The molecule has 1 amide bonds. The predicted octanol–water partition coefficient (Wildman–Crippen LogP) is 4.35. The van der Waals surface area contributed by atoms with Gasteiger partial charge in [0, 0.05) is 12.1 Å². The molecule has 0 aliphatic carbocycles. The molecule has 0 aromatic heterocycles. The summed E-state index contributed by atoms with van der Waals surface area (Å²) < 4.78 is 4.60. The standard InChI is InChI=1S/C17H15Cl2NO3/c1-23-15(21)10-7-11-5-8-12(9-6-11)20-17(22)16-13(18)3-2-4-14(16)19/h2-6,8-9H,7,10H2,1H3,(H,20,22). The van der Waals surface area contributed by atoms with E-state index < -0.39 is 0 Å². The molecule has 0 heterocycles. The maximum absolute atomic E-state index is 12.3. The van der Waals surface area contributed by atoms with Gasteiger partial charge in [0.25, 0.3) is 5.91 Å². The number of carbonyl (C=O) groups is 2. The smallest absolute Gasteiger partial charge is 0.305 e. The van der Waals surface area contributed by atoms with E-state index in [0.29, 0.717) is 28.6 Å². The molecule has 2 rings (SSSR count). The van der Waals surface area contributed by atoms with Crippen LogP contribution in [0.3, 0.4) is 0 Å². The Morgan fingerprint density at radius 3 is 2.22 bits per heavy atom. The predicted molar refractivity (Wildman–Crippen MR) is 91.2 cm³/mol. The number of nitrogens with one attached hydrogen (secondary N) is 1. The second-order valence-corrected chi connectivity index (χ2v) is 5.64. The van der Waals surface area contributed by atoms with Crippen molar-refractivity contribution in [2.75, 3.05) is 12.4 Å². The number of anilines is 1. The summed E-state index contributed by atoms with van der Waals surface area (Å²) >= 11 is 12.0. The second kappa shape index (κ2) is 7.99. The van der Waals surface area contributed by atoms with E-state index in [1.807, 2.05) is 12.1 Å². The van der Waals surface area contributed by atoms with Crippen LogP contribution in [0, 0.1) is 0 Å². The molecule has 23 heavy (non-hydrogen) atoms. The third-order valence-corrected chi connectivity index (χ3v) is 3.88. The number of benzene rings is 2. The minimum absolute atomic E-state index is 0.241. The van der Waals surface area contributed by atoms with E-state index in [1.165, 1.54) is 7.11 Å². The zero-order valence-electron chi connectivity index (χ0n) is 12.4. The summed E-state index contributed by atoms with van der Waals surface area (Å²) in [7, 11) is 1.36. The minimum Gasteiger partial charge on any atom is -0.469 e. The number of esters is 1. The maximum Gasteiger partial charge on any atom is 0.305 e. The quantitative estimate of drug-likeness (QED) is 0.814. The molecule has 6 heteroatoms. The molecular formula is C17H15Cl2NO3. The summed E-state index contributed by atoms with van der Waals surface area (Å²) in [6.07, 6.45) is 0.897. The summed E-state index contributed by atoms with van der Waals surface area (Å²) in [5.41, 5.74) is 1.84. The van der Waals surface area contributed by atoms with Gasteiger partial charge in [-0.15, -0.1) is 0 Å². The van der Waals surface area contributed by atoms with Crippen LogP contribution in [0.15, 0.2) is 42.5 Å². The van der Waals surface area contributed by atoms with Gasteiger partial charge in [-0.05, 0) is 36.2 Å². The van der Waals surface area contributed by atoms with E-state index in [9.17, 15) is 9.59 Å². The number of halogens is 2. The van der Waals surface area contributed by atoms with E-state index in [4.69, 9.17) is 23.2 Å². The molecule has 0 saturated carbocycles. The van der Waals surface area contributed by atoms with E-state index in [-0.39, 0.29) is 17.4 Å². The molecule has 0 atom stereocenters. The first-order valence-electron chi connectivity index (χ1n) is 6.92. The largest absolute Gasteiger partial charge is 0.469 e. The highest BCUT2D eigenvalue weighted by molar-refractivity contribution is 6.40. The first kappa shape index (κ1) is 17.3. The van der Waals surface area contributed by atoms with E-state index in [2.05, 4.69) is 10.1 Å². The molecule has 1 N–H and O–H groups in total. The Kier molecular flexibility index (Phi) is 6.02. The van der Waals surface area contributed by atoms with Gasteiger partial charge in [0.2, 0.25) is 0 Å². The number of aryl methyl sites for hydroxylation is 1. The van der Waals surface area contributed by atoms with Gasteiger partial charge in [0.1, 0.15) is 0 Å². The average Bonchev–Trinajstić information content (AvgIpc) is 2.53. The molecule has 0 unspecified atom stereocenters. The van der Waals surface area contributed by atoms with Gasteiger partial charge in [-0.25, -0.2) is 0 Å².